The summed E-state index contributed by atoms with van der Waals surface area (Å²) in [4.78, 5) is 31.7. The van der Waals surface area contributed by atoms with Gasteiger partial charge in [0.15, 0.2) is 34.9 Å². The summed E-state index contributed by atoms with van der Waals surface area (Å²) in [5.74, 6) is 3.56. The maximum atomic E-state index is 7.27. The first-order chi connectivity index (χ1) is 55.4. The number of fused-ring (bicyclic) bond motifs is 12. The maximum absolute atomic E-state index is 7.27. The Bertz CT molecular complexity index is 7500. The zero-order chi connectivity index (χ0) is 73.7. The van der Waals surface area contributed by atoms with Crippen molar-refractivity contribution < 1.29 is 8.83 Å². The molecular weight excluding hydrogens is 1410 g/mol. The Morgan fingerprint density at radius 1 is 0.179 bits per heavy atom. The normalized spacial score (nSPS) is 11.8. The highest BCUT2D eigenvalue weighted by atomic mass is 32.1. The summed E-state index contributed by atoms with van der Waals surface area (Å²) < 4.78 is 18.6. The van der Waals surface area contributed by atoms with Gasteiger partial charge < -0.3 is 8.83 Å². The Hall–Kier alpha value is -14.4. The van der Waals surface area contributed by atoms with Gasteiger partial charge in [0, 0.05) is 112 Å². The van der Waals surface area contributed by atoms with Crippen LogP contribution >= 0.6 is 22.7 Å². The average Bonchev–Trinajstić information content (AvgIpc) is 1.57. The van der Waals surface area contributed by atoms with Gasteiger partial charge >= 0.3 is 0 Å². The Kier molecular flexibility index (Phi) is 15.5. The fraction of sp³-hybridized carbons (Fsp3) is 0. The van der Waals surface area contributed by atoms with Gasteiger partial charge in [0.25, 0.3) is 0 Å². The lowest BCUT2D eigenvalue weighted by atomic mass is 9.93. The van der Waals surface area contributed by atoms with Crippen LogP contribution < -0.4 is 0 Å². The molecule has 0 aliphatic rings. The van der Waals surface area contributed by atoms with Crippen LogP contribution in [0.5, 0.6) is 0 Å². The number of para-hydroxylation sites is 1. The van der Waals surface area contributed by atoms with Gasteiger partial charge in [-0.15, -0.1) is 22.7 Å². The molecule has 0 saturated carbocycles. The van der Waals surface area contributed by atoms with Crippen LogP contribution in [-0.2, 0) is 0 Å². The summed E-state index contributed by atoms with van der Waals surface area (Å²) >= 11 is 3.59. The number of rotatable bonds is 13. The van der Waals surface area contributed by atoms with Crippen molar-refractivity contribution in [2.24, 2.45) is 0 Å². The number of hydrogen-bond acceptors (Lipinski definition) is 10. The van der Waals surface area contributed by atoms with E-state index in [-0.39, 0.29) is 0 Å². The van der Waals surface area contributed by atoms with Crippen molar-refractivity contribution in [2.75, 3.05) is 0 Å². The smallest absolute Gasteiger partial charge is 0.164 e. The molecule has 0 unspecified atom stereocenters. The van der Waals surface area contributed by atoms with Crippen LogP contribution in [-0.4, -0.2) is 29.9 Å². The summed E-state index contributed by atoms with van der Waals surface area (Å²) in [5.41, 5.74) is 24.0. The molecule has 8 nitrogen and oxygen atoms in total. The molecule has 0 N–H and O–H groups in total. The molecule has 0 spiro atoms. The third kappa shape index (κ3) is 11.3. The SMILES string of the molecule is c1ccc(-c2cccc(-c3nc(-c4cccc(-c5ccc6c(c5)oc5c(-c7ccccc7)ccc(-c7cccc8c7sc7cc(-c9nc(-c%10ccccc%10)nc(-c%10cccc(-c%11ccccc%11)c%10)n9)ccc78)c56)c4)nc(-c4ccc5c(c4)sc4c(-c6cc(-c7ccccc7)cc7oc8ccccc8c67)cccc45)n3)c2)cc1. The molecule has 6 heterocycles. The van der Waals surface area contributed by atoms with E-state index in [1.54, 1.807) is 22.7 Å². The Morgan fingerprint density at radius 3 is 1.06 bits per heavy atom. The number of nitrogens with zero attached hydrogens (tertiary/aromatic N) is 6. The lowest BCUT2D eigenvalue weighted by molar-refractivity contribution is 0.669. The van der Waals surface area contributed by atoms with Gasteiger partial charge in [-0.05, 0) is 128 Å². The van der Waals surface area contributed by atoms with Gasteiger partial charge in [-0.25, -0.2) is 29.9 Å². The first-order valence-electron chi connectivity index (χ1n) is 37.4. The first kappa shape index (κ1) is 64.7. The van der Waals surface area contributed by atoms with Crippen molar-refractivity contribution >= 4 is 107 Å². The number of hydrogen-bond donors (Lipinski definition) is 0. The minimum Gasteiger partial charge on any atom is -0.456 e. The summed E-state index contributed by atoms with van der Waals surface area (Å²) in [7, 11) is 0. The number of aromatic nitrogens is 6. The third-order valence-electron chi connectivity index (χ3n) is 21.6. The Balaban J connectivity index is 0.648. The van der Waals surface area contributed by atoms with Crippen LogP contribution in [0.25, 0.3) is 230 Å². The third-order valence-corrected chi connectivity index (χ3v) is 24.0. The second kappa shape index (κ2) is 26.8. The Labute approximate surface area is 651 Å². The van der Waals surface area contributed by atoms with Crippen LogP contribution in [0.1, 0.15) is 0 Å². The molecule has 0 aliphatic heterocycles. The monoisotopic (exact) mass is 1460 g/mol. The molecule has 10 heteroatoms. The molecule has 0 saturated heterocycles. The summed E-state index contributed by atoms with van der Waals surface area (Å²) in [6, 6.07) is 128. The van der Waals surface area contributed by atoms with E-state index in [0.717, 1.165) is 170 Å². The molecule has 22 aromatic rings. The highest BCUT2D eigenvalue weighted by molar-refractivity contribution is 7.26. The van der Waals surface area contributed by atoms with E-state index in [9.17, 15) is 0 Å². The number of benzene rings is 16. The van der Waals surface area contributed by atoms with Crippen molar-refractivity contribution in [2.45, 2.75) is 0 Å². The van der Waals surface area contributed by atoms with E-state index >= 15 is 0 Å². The van der Waals surface area contributed by atoms with Crippen LogP contribution in [0, 0.1) is 0 Å². The van der Waals surface area contributed by atoms with E-state index in [0.29, 0.717) is 34.9 Å². The van der Waals surface area contributed by atoms with E-state index in [2.05, 4.69) is 328 Å². The molecule has 0 fully saturated rings. The van der Waals surface area contributed by atoms with Crippen LogP contribution in [0.15, 0.2) is 373 Å². The van der Waals surface area contributed by atoms with E-state index < -0.39 is 0 Å². The predicted octanol–water partition coefficient (Wildman–Crippen LogP) is 28.3. The maximum Gasteiger partial charge on any atom is 0.164 e. The molecule has 0 radical (unpaired) electrons. The van der Waals surface area contributed by atoms with E-state index in [4.69, 9.17) is 38.7 Å². The number of furan rings is 2. The largest absolute Gasteiger partial charge is 0.456 e. The zero-order valence-corrected chi connectivity index (χ0v) is 61.6. The minimum absolute atomic E-state index is 0.562. The second-order valence-corrected chi connectivity index (χ2v) is 30.5. The van der Waals surface area contributed by atoms with Gasteiger partial charge in [-0.3, -0.25) is 0 Å². The lowest BCUT2D eigenvalue weighted by Crippen LogP contribution is -2.00. The first-order valence-corrected chi connectivity index (χ1v) is 39.1. The van der Waals surface area contributed by atoms with Crippen molar-refractivity contribution in [1.29, 1.82) is 0 Å². The minimum atomic E-state index is 0.562. The quantitative estimate of drug-likeness (QED) is 0.112. The average molecular weight is 1470 g/mol. The molecule has 0 bridgehead atoms. The molecule has 22 rings (SSSR count). The molecular formula is C102H60N6O2S2. The highest BCUT2D eigenvalue weighted by Gasteiger charge is 2.25. The molecule has 0 aliphatic carbocycles. The van der Waals surface area contributed by atoms with Crippen LogP contribution in [0.2, 0.25) is 0 Å². The van der Waals surface area contributed by atoms with Crippen LogP contribution in [0.4, 0.5) is 0 Å². The topological polar surface area (TPSA) is 104 Å². The van der Waals surface area contributed by atoms with Gasteiger partial charge in [0.1, 0.15) is 22.3 Å². The van der Waals surface area contributed by atoms with Gasteiger partial charge in [0.05, 0.1) is 0 Å². The summed E-state index contributed by atoms with van der Waals surface area (Å²) in [6.07, 6.45) is 0. The van der Waals surface area contributed by atoms with E-state index in [1.807, 2.05) is 36.4 Å². The van der Waals surface area contributed by atoms with E-state index in [1.165, 1.54) is 25.6 Å². The van der Waals surface area contributed by atoms with Crippen molar-refractivity contribution in [3.05, 3.63) is 364 Å². The molecule has 0 amide bonds. The fourth-order valence-electron chi connectivity index (χ4n) is 16.2. The van der Waals surface area contributed by atoms with Crippen LogP contribution in [0.3, 0.4) is 0 Å². The molecule has 112 heavy (non-hydrogen) atoms. The summed E-state index contributed by atoms with van der Waals surface area (Å²) in [6.45, 7) is 0. The lowest BCUT2D eigenvalue weighted by Gasteiger charge is -2.11. The van der Waals surface area contributed by atoms with Gasteiger partial charge in [-0.2, -0.15) is 0 Å². The molecule has 6 aromatic heterocycles. The van der Waals surface area contributed by atoms with Gasteiger partial charge in [0.2, 0.25) is 0 Å². The number of thiophene rings is 2. The fourth-order valence-corrected chi connectivity index (χ4v) is 18.7. The Morgan fingerprint density at radius 2 is 0.536 bits per heavy atom. The zero-order valence-electron chi connectivity index (χ0n) is 60.0. The van der Waals surface area contributed by atoms with Crippen molar-refractivity contribution in [1.82, 2.24) is 29.9 Å². The van der Waals surface area contributed by atoms with Crippen molar-refractivity contribution in [3.63, 3.8) is 0 Å². The predicted molar refractivity (Wildman–Crippen MR) is 464 cm³/mol. The standard InChI is InChI=1S/C102H60N6O2S2/c1-6-23-61(24-7-1)66-33-18-36-70(53-66)98-103-97(65-31-14-5-15-32-65)104-101(106-98)73-46-48-77-80-40-21-42-82(95(80)111-90(77)59-73)79-52-51-76(64-29-12-4-13-30-64)94-93(79)85-50-45-69(57-88(85)110-94)68-35-20-38-72(55-68)100-105-99(71-37-19-34-67(54-71)62-25-8-2-9-26-62)107-102(108-100)74-47-49-78-81-41-22-43-83(96(81)112-91(78)60-74)86-56-75(63-27-10-3-11-28-63)58-89-92(86)84-39-16-17-44-87(84)109-89/h1-60H. The molecule has 16 aromatic carbocycles. The molecule has 0 atom stereocenters. The second-order valence-electron chi connectivity index (χ2n) is 28.3. The van der Waals surface area contributed by atoms with Crippen molar-refractivity contribution in [3.8, 4) is 146 Å². The summed E-state index contributed by atoms with van der Waals surface area (Å²) in [5, 5.41) is 8.97. The highest BCUT2D eigenvalue weighted by Crippen LogP contribution is 2.50. The van der Waals surface area contributed by atoms with Gasteiger partial charge in [-0.1, -0.05) is 297 Å². The molecule has 522 valence electrons.